The average Bonchev–Trinajstić information content (AvgIpc) is 3.45. The Kier molecular flexibility index (Phi) is 6.39. The summed E-state index contributed by atoms with van der Waals surface area (Å²) in [6.45, 7) is 2.09. The van der Waals surface area contributed by atoms with Crippen LogP contribution in [0.15, 0.2) is 54.6 Å². The fourth-order valence-corrected chi connectivity index (χ4v) is 7.32. The third-order valence-electron chi connectivity index (χ3n) is 9.86. The highest BCUT2D eigenvalue weighted by molar-refractivity contribution is 6.00. The van der Waals surface area contributed by atoms with Crippen LogP contribution in [0.1, 0.15) is 41.6 Å². The highest BCUT2D eigenvalue weighted by atomic mass is 16.5. The van der Waals surface area contributed by atoms with Gasteiger partial charge in [-0.05, 0) is 85.5 Å². The van der Waals surface area contributed by atoms with Gasteiger partial charge in [0.1, 0.15) is 22.7 Å². The van der Waals surface area contributed by atoms with Crippen molar-refractivity contribution in [1.82, 2.24) is 24.0 Å². The van der Waals surface area contributed by atoms with Crippen LogP contribution in [0.5, 0.6) is 5.75 Å². The normalized spacial score (nSPS) is 21.1. The van der Waals surface area contributed by atoms with E-state index in [2.05, 4.69) is 32.7 Å². The van der Waals surface area contributed by atoms with Crippen LogP contribution in [0.4, 0.5) is 11.5 Å². The van der Waals surface area contributed by atoms with E-state index in [1.165, 1.54) is 12.8 Å². The lowest BCUT2D eigenvalue weighted by molar-refractivity contribution is 0.0700. The van der Waals surface area contributed by atoms with Crippen molar-refractivity contribution in [3.05, 3.63) is 65.7 Å². The lowest BCUT2D eigenvalue weighted by Crippen LogP contribution is -2.41. The highest BCUT2D eigenvalue weighted by Crippen LogP contribution is 2.40. The number of pyridine rings is 1. The van der Waals surface area contributed by atoms with E-state index in [1.807, 2.05) is 48.3 Å². The van der Waals surface area contributed by atoms with Crippen LogP contribution in [0.25, 0.3) is 33.6 Å². The molecule has 3 fully saturated rings. The number of benzene rings is 2. The molecule has 10 heteroatoms. The lowest BCUT2D eigenvalue weighted by atomic mass is 10.1. The molecular weight excluding hydrogens is 552 g/mol. The maximum absolute atomic E-state index is 13.7. The number of aryl methyl sites for hydroxylation is 1. The standard InChI is InChI=1S/C34H38N8O2/c1-40-31-25(13-23(15-28(31)44-2)34(43)42-18-22-8-10-26(42)30(22)36)38-33(40)27-14-21-9-11-29(37-24-5-3-4-20(12-24)16-35)39-32(21)41(27)17-19-6-7-19/h3-5,9,11-15,19,22,26,30H,6-8,10,16-18,35-36H2,1-2H3,(H,37,39)/t22?,26?,30-/m1/s1. The number of nitrogens with two attached hydrogens (primary N) is 2. The van der Waals surface area contributed by atoms with E-state index in [0.717, 1.165) is 76.6 Å². The molecule has 0 radical (unpaired) electrons. The molecule has 2 aromatic carbocycles. The lowest BCUT2D eigenvalue weighted by Gasteiger charge is -2.27. The van der Waals surface area contributed by atoms with Gasteiger partial charge in [-0.15, -0.1) is 0 Å². The van der Waals surface area contributed by atoms with Crippen LogP contribution in [-0.2, 0) is 20.1 Å². The van der Waals surface area contributed by atoms with Crippen LogP contribution in [0.2, 0.25) is 0 Å². The number of carbonyl (C=O) groups is 1. The van der Waals surface area contributed by atoms with E-state index in [4.69, 9.17) is 26.2 Å². The van der Waals surface area contributed by atoms with Crippen molar-refractivity contribution < 1.29 is 9.53 Å². The predicted octanol–water partition coefficient (Wildman–Crippen LogP) is 4.77. The summed E-state index contributed by atoms with van der Waals surface area (Å²) in [5.41, 5.74) is 18.4. The van der Waals surface area contributed by atoms with E-state index in [0.29, 0.717) is 29.7 Å². The first-order chi connectivity index (χ1) is 21.4. The first-order valence-corrected chi connectivity index (χ1v) is 15.6. The van der Waals surface area contributed by atoms with Crippen molar-refractivity contribution in [2.45, 2.75) is 50.9 Å². The summed E-state index contributed by atoms with van der Waals surface area (Å²) in [6.07, 6.45) is 4.51. The number of likely N-dealkylation sites (tertiary alicyclic amines) is 1. The molecule has 1 aliphatic heterocycles. The van der Waals surface area contributed by atoms with Crippen LogP contribution in [-0.4, -0.2) is 55.6 Å². The number of nitrogens with zero attached hydrogens (tertiary/aromatic N) is 5. The number of piperidine rings is 1. The quantitative estimate of drug-likeness (QED) is 0.237. The molecule has 2 saturated carbocycles. The minimum Gasteiger partial charge on any atom is -0.494 e. The Balaban J connectivity index is 1.20. The summed E-state index contributed by atoms with van der Waals surface area (Å²) in [5.74, 6) is 3.25. The maximum Gasteiger partial charge on any atom is 0.254 e. The van der Waals surface area contributed by atoms with E-state index in [1.54, 1.807) is 7.11 Å². The minimum absolute atomic E-state index is 0.00382. The van der Waals surface area contributed by atoms with Crippen molar-refractivity contribution >= 4 is 39.5 Å². The molecule has 3 aromatic heterocycles. The zero-order chi connectivity index (χ0) is 30.1. The van der Waals surface area contributed by atoms with Crippen molar-refractivity contribution in [3.8, 4) is 17.3 Å². The number of hydrogen-bond donors (Lipinski definition) is 3. The van der Waals surface area contributed by atoms with Gasteiger partial charge in [-0.1, -0.05) is 12.1 Å². The van der Waals surface area contributed by atoms with E-state index in [-0.39, 0.29) is 18.0 Å². The van der Waals surface area contributed by atoms with E-state index >= 15 is 0 Å². The third kappa shape index (κ3) is 4.43. The van der Waals surface area contributed by atoms with Gasteiger partial charge in [0, 0.05) is 55.4 Å². The molecule has 0 spiro atoms. The Morgan fingerprint density at radius 1 is 1.07 bits per heavy atom. The fraction of sp³-hybridized carbons (Fsp3) is 0.382. The number of fused-ring (bicyclic) bond motifs is 4. The Bertz CT molecular complexity index is 1920. The zero-order valence-electron chi connectivity index (χ0n) is 25.2. The smallest absolute Gasteiger partial charge is 0.254 e. The van der Waals surface area contributed by atoms with Crippen molar-refractivity contribution in [2.75, 3.05) is 19.0 Å². The molecule has 2 unspecified atom stereocenters. The van der Waals surface area contributed by atoms with Crippen molar-refractivity contribution in [2.24, 2.45) is 30.4 Å². The van der Waals surface area contributed by atoms with Gasteiger partial charge in [0.05, 0.1) is 18.3 Å². The number of methoxy groups -OCH3 is 1. The summed E-state index contributed by atoms with van der Waals surface area (Å²) in [5, 5.41) is 4.51. The van der Waals surface area contributed by atoms with Gasteiger partial charge >= 0.3 is 0 Å². The van der Waals surface area contributed by atoms with Gasteiger partial charge in [-0.2, -0.15) is 0 Å². The molecular formula is C34H38N8O2. The molecule has 2 aliphatic carbocycles. The Morgan fingerprint density at radius 2 is 1.93 bits per heavy atom. The number of ether oxygens (including phenoxy) is 1. The molecule has 3 aliphatic rings. The summed E-state index contributed by atoms with van der Waals surface area (Å²) in [6, 6.07) is 18.3. The minimum atomic E-state index is 0.00382. The van der Waals surface area contributed by atoms with Gasteiger partial charge in [-0.25, -0.2) is 9.97 Å². The number of aromatic nitrogens is 4. The molecule has 226 valence electrons. The molecule has 3 atom stereocenters. The van der Waals surface area contributed by atoms with Crippen molar-refractivity contribution in [1.29, 1.82) is 0 Å². The summed E-state index contributed by atoms with van der Waals surface area (Å²) < 4.78 is 10.2. The van der Waals surface area contributed by atoms with Gasteiger partial charge in [0.15, 0.2) is 5.82 Å². The number of nitrogens with one attached hydrogen (secondary N) is 1. The Morgan fingerprint density at radius 3 is 2.66 bits per heavy atom. The summed E-state index contributed by atoms with van der Waals surface area (Å²) in [7, 11) is 3.66. The molecule has 4 heterocycles. The largest absolute Gasteiger partial charge is 0.494 e. The number of carbonyl (C=O) groups excluding carboxylic acids is 1. The number of imidazole rings is 1. The molecule has 8 rings (SSSR count). The first kappa shape index (κ1) is 27.2. The highest BCUT2D eigenvalue weighted by Gasteiger charge is 2.47. The Labute approximate surface area is 256 Å². The Hall–Kier alpha value is -4.41. The molecule has 2 bridgehead atoms. The van der Waals surface area contributed by atoms with Crippen LogP contribution < -0.4 is 21.5 Å². The summed E-state index contributed by atoms with van der Waals surface area (Å²) in [4.78, 5) is 25.9. The third-order valence-corrected chi connectivity index (χ3v) is 9.86. The molecule has 1 amide bonds. The molecule has 10 nitrogen and oxygen atoms in total. The topological polar surface area (TPSA) is 129 Å². The zero-order valence-corrected chi connectivity index (χ0v) is 25.2. The number of anilines is 2. The SMILES string of the molecule is COc1cc(C(=O)N2CC3CCC2[C@@H]3N)cc2nc(-c3cc4ccc(Nc5cccc(CN)c5)nc4n3CC3CC3)n(C)c12. The van der Waals surface area contributed by atoms with Crippen LogP contribution >= 0.6 is 0 Å². The molecule has 44 heavy (non-hydrogen) atoms. The van der Waals surface area contributed by atoms with Crippen LogP contribution in [0.3, 0.4) is 0 Å². The number of hydrogen-bond acceptors (Lipinski definition) is 7. The maximum atomic E-state index is 13.7. The number of rotatable bonds is 8. The predicted molar refractivity (Wildman–Crippen MR) is 172 cm³/mol. The first-order valence-electron chi connectivity index (χ1n) is 15.6. The van der Waals surface area contributed by atoms with E-state index < -0.39 is 0 Å². The fourth-order valence-electron chi connectivity index (χ4n) is 7.32. The average molecular weight is 591 g/mol. The second-order valence-corrected chi connectivity index (χ2v) is 12.7. The molecule has 1 saturated heterocycles. The molecule has 5 aromatic rings. The monoisotopic (exact) mass is 590 g/mol. The second kappa shape index (κ2) is 10.3. The summed E-state index contributed by atoms with van der Waals surface area (Å²) >= 11 is 0. The van der Waals surface area contributed by atoms with E-state index in [9.17, 15) is 4.79 Å². The van der Waals surface area contributed by atoms with Crippen LogP contribution in [0, 0.1) is 11.8 Å². The van der Waals surface area contributed by atoms with Gasteiger partial charge in [-0.3, -0.25) is 4.79 Å². The van der Waals surface area contributed by atoms with Gasteiger partial charge < -0.3 is 35.6 Å². The van der Waals surface area contributed by atoms with Crippen molar-refractivity contribution in [3.63, 3.8) is 0 Å². The molecule has 5 N–H and O–H groups in total. The second-order valence-electron chi connectivity index (χ2n) is 12.7. The number of amides is 1. The van der Waals surface area contributed by atoms with Gasteiger partial charge in [0.2, 0.25) is 0 Å². The van der Waals surface area contributed by atoms with Gasteiger partial charge in [0.25, 0.3) is 5.91 Å².